The highest BCUT2D eigenvalue weighted by Crippen LogP contribution is 2.43. The highest BCUT2D eigenvalue weighted by molar-refractivity contribution is 6.99. The number of carbonyl (C=O) groups is 2. The predicted molar refractivity (Wildman–Crippen MR) is 157 cm³/mol. The fraction of sp³-hybridized carbons (Fsp3) is 0.500. The van der Waals surface area contributed by atoms with Crippen LogP contribution in [-0.2, 0) is 28.2 Å². The van der Waals surface area contributed by atoms with Gasteiger partial charge in [-0.15, -0.1) is 0 Å². The summed E-state index contributed by atoms with van der Waals surface area (Å²) in [4.78, 5) is 24.1. The van der Waals surface area contributed by atoms with Gasteiger partial charge in [-0.3, -0.25) is 4.79 Å². The van der Waals surface area contributed by atoms with E-state index in [0.717, 1.165) is 11.9 Å². The molecule has 2 aromatic carbocycles. The Kier molecular flexibility index (Phi) is 10.5. The summed E-state index contributed by atoms with van der Waals surface area (Å²) >= 11 is 0. The number of aldehydes is 1. The molecule has 0 unspecified atom stereocenters. The van der Waals surface area contributed by atoms with E-state index < -0.39 is 20.2 Å². The van der Waals surface area contributed by atoms with Gasteiger partial charge < -0.3 is 23.4 Å². The number of carbonyl (C=O) groups excluding carboxylic acids is 2. The monoisotopic (exact) mass is 552 g/mol. The molecule has 2 aromatic rings. The van der Waals surface area contributed by atoms with Crippen LogP contribution in [0, 0.1) is 5.92 Å². The second-order valence-electron chi connectivity index (χ2n) is 11.5. The molecule has 4 atom stereocenters. The Balaban J connectivity index is 2.14. The topological polar surface area (TPSA) is 71.1 Å². The first-order chi connectivity index (χ1) is 18.5. The first kappa shape index (κ1) is 31.0. The van der Waals surface area contributed by atoms with Gasteiger partial charge >= 0.3 is 5.97 Å². The molecular weight excluding hydrogens is 508 g/mol. The molecule has 7 heteroatoms. The van der Waals surface area contributed by atoms with Crippen molar-refractivity contribution in [2.24, 2.45) is 5.92 Å². The van der Waals surface area contributed by atoms with Crippen LogP contribution in [0.4, 0.5) is 0 Å². The SMILES string of the molecule is CCOC(=O)C[C@@]1(OC)C[C@@H](O[Si](c2ccccc2)(c2ccccc2)C(C)(C)C)C[C@@H](/C(C)=C/[C@H](C)C=O)O1. The van der Waals surface area contributed by atoms with Gasteiger partial charge in [-0.1, -0.05) is 94.4 Å². The van der Waals surface area contributed by atoms with E-state index in [0.29, 0.717) is 12.8 Å². The van der Waals surface area contributed by atoms with Crippen LogP contribution in [0.2, 0.25) is 5.04 Å². The molecule has 212 valence electrons. The summed E-state index contributed by atoms with van der Waals surface area (Å²) in [5, 5.41) is 2.15. The second-order valence-corrected chi connectivity index (χ2v) is 15.7. The lowest BCUT2D eigenvalue weighted by Gasteiger charge is -2.49. The van der Waals surface area contributed by atoms with Gasteiger partial charge in [0.05, 0.1) is 25.2 Å². The summed E-state index contributed by atoms with van der Waals surface area (Å²) < 4.78 is 25.2. The lowest BCUT2D eigenvalue weighted by atomic mass is 9.92. The van der Waals surface area contributed by atoms with Crippen molar-refractivity contribution >= 4 is 30.9 Å². The molecule has 0 N–H and O–H groups in total. The number of rotatable bonds is 11. The number of hydrogen-bond donors (Lipinski definition) is 0. The van der Waals surface area contributed by atoms with Gasteiger partial charge in [0.1, 0.15) is 6.29 Å². The first-order valence-electron chi connectivity index (χ1n) is 13.8. The van der Waals surface area contributed by atoms with Crippen LogP contribution in [0.3, 0.4) is 0 Å². The van der Waals surface area contributed by atoms with Crippen LogP contribution in [-0.4, -0.2) is 52.3 Å². The van der Waals surface area contributed by atoms with E-state index in [1.807, 2.05) is 32.1 Å². The van der Waals surface area contributed by atoms with Gasteiger partial charge in [0.15, 0.2) is 5.79 Å². The molecule has 0 saturated carbocycles. The third-order valence-corrected chi connectivity index (χ3v) is 12.6. The van der Waals surface area contributed by atoms with Crippen molar-refractivity contribution in [3.63, 3.8) is 0 Å². The van der Waals surface area contributed by atoms with Gasteiger partial charge in [-0.25, -0.2) is 0 Å². The van der Waals surface area contributed by atoms with E-state index in [1.54, 1.807) is 14.0 Å². The molecule has 1 aliphatic heterocycles. The smallest absolute Gasteiger partial charge is 0.311 e. The van der Waals surface area contributed by atoms with E-state index in [2.05, 4.69) is 69.3 Å². The van der Waals surface area contributed by atoms with E-state index in [4.69, 9.17) is 18.6 Å². The molecule has 1 aliphatic rings. The lowest BCUT2D eigenvalue weighted by molar-refractivity contribution is -0.278. The fourth-order valence-electron chi connectivity index (χ4n) is 5.65. The Morgan fingerprint density at radius 1 is 1.10 bits per heavy atom. The molecule has 3 rings (SSSR count). The van der Waals surface area contributed by atoms with Crippen molar-refractivity contribution in [1.82, 2.24) is 0 Å². The zero-order chi connectivity index (χ0) is 28.7. The molecule has 0 radical (unpaired) electrons. The van der Waals surface area contributed by atoms with E-state index in [-0.39, 0.29) is 36.1 Å². The number of ether oxygens (including phenoxy) is 3. The Hall–Kier alpha value is -2.58. The van der Waals surface area contributed by atoms with E-state index in [1.165, 1.54) is 10.4 Å². The van der Waals surface area contributed by atoms with Crippen molar-refractivity contribution < 1.29 is 28.2 Å². The van der Waals surface area contributed by atoms with Crippen LogP contribution in [0.5, 0.6) is 0 Å². The maximum Gasteiger partial charge on any atom is 0.311 e. The van der Waals surface area contributed by atoms with Gasteiger partial charge in [0, 0.05) is 25.9 Å². The first-order valence-corrected chi connectivity index (χ1v) is 15.7. The summed E-state index contributed by atoms with van der Waals surface area (Å²) in [7, 11) is -1.31. The zero-order valence-corrected chi connectivity index (χ0v) is 25.4. The van der Waals surface area contributed by atoms with Gasteiger partial charge in [-0.05, 0) is 34.8 Å². The molecule has 1 fully saturated rings. The van der Waals surface area contributed by atoms with Crippen LogP contribution in [0.25, 0.3) is 0 Å². The predicted octanol–water partition coefficient (Wildman–Crippen LogP) is 5.19. The number of benzene rings is 2. The molecular formula is C32H44O6Si. The number of hydrogen-bond acceptors (Lipinski definition) is 6. The molecule has 0 aromatic heterocycles. The molecule has 0 amide bonds. The standard InChI is InChI=1S/C32H44O6Si/c1-8-36-30(34)22-32(35-7)21-26(20-29(37-32)25(3)19-24(2)23-33)38-39(31(4,5)6,27-15-11-9-12-16-27)28-17-13-10-14-18-28/h9-19,23-24,26,29H,8,20-22H2,1-7H3/b25-19+/t24-,26-,29-,32+/m0/s1. The van der Waals surface area contributed by atoms with Crippen LogP contribution < -0.4 is 10.4 Å². The Morgan fingerprint density at radius 2 is 1.67 bits per heavy atom. The van der Waals surface area contributed by atoms with Crippen molar-refractivity contribution in [2.45, 2.75) is 83.8 Å². The molecule has 0 aliphatic carbocycles. The average molecular weight is 553 g/mol. The maximum atomic E-state index is 12.7. The van der Waals surface area contributed by atoms with Gasteiger partial charge in [0.25, 0.3) is 8.32 Å². The Labute approximate surface area is 234 Å². The third-order valence-electron chi connectivity index (χ3n) is 7.47. The molecule has 1 saturated heterocycles. The normalized spacial score (nSPS) is 23.2. The minimum Gasteiger partial charge on any atom is -0.466 e. The van der Waals surface area contributed by atoms with Gasteiger partial charge in [-0.2, -0.15) is 0 Å². The lowest BCUT2D eigenvalue weighted by Crippen LogP contribution is -2.68. The van der Waals surface area contributed by atoms with Crippen molar-refractivity contribution in [3.05, 3.63) is 72.3 Å². The fourth-order valence-corrected chi connectivity index (χ4v) is 10.3. The molecule has 0 bridgehead atoms. The summed E-state index contributed by atoms with van der Waals surface area (Å²) in [5.74, 6) is -1.86. The average Bonchev–Trinajstić information content (AvgIpc) is 2.91. The van der Waals surface area contributed by atoms with Crippen LogP contribution in [0.15, 0.2) is 72.3 Å². The minimum absolute atomic E-state index is 0.0506. The van der Waals surface area contributed by atoms with Crippen molar-refractivity contribution in [1.29, 1.82) is 0 Å². The summed E-state index contributed by atoms with van der Waals surface area (Å²) in [6.07, 6.45) is 3.05. The zero-order valence-electron chi connectivity index (χ0n) is 24.4. The highest BCUT2D eigenvalue weighted by Gasteiger charge is 2.54. The van der Waals surface area contributed by atoms with E-state index >= 15 is 0 Å². The number of methoxy groups -OCH3 is 1. The Bertz CT molecular complexity index is 1070. The minimum atomic E-state index is -2.87. The van der Waals surface area contributed by atoms with Crippen LogP contribution in [0.1, 0.15) is 60.8 Å². The molecule has 6 nitrogen and oxygen atoms in total. The summed E-state index contributed by atoms with van der Waals surface area (Å²) in [6, 6.07) is 21.0. The third kappa shape index (κ3) is 7.14. The molecule has 1 heterocycles. The number of esters is 1. The van der Waals surface area contributed by atoms with Gasteiger partial charge in [0.2, 0.25) is 0 Å². The highest BCUT2D eigenvalue weighted by atomic mass is 28.4. The second kappa shape index (κ2) is 13.2. The number of allylic oxidation sites excluding steroid dienone is 1. The van der Waals surface area contributed by atoms with Crippen molar-refractivity contribution in [3.8, 4) is 0 Å². The quantitative estimate of drug-likeness (QED) is 0.165. The van der Waals surface area contributed by atoms with Crippen molar-refractivity contribution in [2.75, 3.05) is 13.7 Å². The molecule has 39 heavy (non-hydrogen) atoms. The molecule has 0 spiro atoms. The maximum absolute atomic E-state index is 12.7. The Morgan fingerprint density at radius 3 is 2.13 bits per heavy atom. The van der Waals surface area contributed by atoms with Crippen LogP contribution >= 0.6 is 0 Å². The van der Waals surface area contributed by atoms with E-state index in [9.17, 15) is 9.59 Å². The summed E-state index contributed by atoms with van der Waals surface area (Å²) in [6.45, 7) is 12.6. The largest absolute Gasteiger partial charge is 0.466 e. The summed E-state index contributed by atoms with van der Waals surface area (Å²) in [5.41, 5.74) is 0.913.